The minimum Gasteiger partial charge on any atom is -0.491 e. The molecule has 0 aliphatic rings. The van der Waals surface area contributed by atoms with Crippen molar-refractivity contribution in [1.82, 2.24) is 0 Å². The molecule has 1 rings (SSSR count). The van der Waals surface area contributed by atoms with Gasteiger partial charge < -0.3 is 43.6 Å². The number of benzene rings is 1. The van der Waals surface area contributed by atoms with Crippen LogP contribution in [0.3, 0.4) is 0 Å². The maximum atomic E-state index is 5.77. The normalized spacial score (nSPS) is 11.3. The largest absolute Gasteiger partial charge is 0.491 e. The van der Waals surface area contributed by atoms with Gasteiger partial charge in [0.25, 0.3) is 0 Å². The Balaban J connectivity index is 1.76. The van der Waals surface area contributed by atoms with Crippen molar-refractivity contribution in [3.8, 4) is 5.75 Å². The summed E-state index contributed by atoms with van der Waals surface area (Å²) >= 11 is 0. The number of hydrogen-bond donors (Lipinski definition) is 1. The van der Waals surface area contributed by atoms with Crippen molar-refractivity contribution in [3.63, 3.8) is 0 Å². The Bertz CT molecular complexity index is 620. The van der Waals surface area contributed by atoms with Gasteiger partial charge in [0.2, 0.25) is 0 Å². The zero-order valence-electron chi connectivity index (χ0n) is 25.1. The van der Waals surface area contributed by atoms with Crippen LogP contribution in [0, 0.1) is 0 Å². The first-order valence-corrected chi connectivity index (χ1v) is 15.3. The molecule has 0 aliphatic carbocycles. The molecule has 0 atom stereocenters. The summed E-state index contributed by atoms with van der Waals surface area (Å²) < 4.78 is 43.8. The molecule has 0 aliphatic heterocycles. The number of aryl methyl sites for hydroxylation is 1. The smallest absolute Gasteiger partial charge is 0.119 e. The lowest BCUT2D eigenvalue weighted by Crippen LogP contribution is -2.15. The van der Waals surface area contributed by atoms with Crippen LogP contribution in [0.4, 0.5) is 0 Å². The van der Waals surface area contributed by atoms with Gasteiger partial charge in [-0.1, -0.05) is 57.6 Å². The molecule has 0 radical (unpaired) electrons. The average molecular weight is 572 g/mol. The van der Waals surface area contributed by atoms with E-state index in [2.05, 4.69) is 31.2 Å². The zero-order chi connectivity index (χ0) is 28.6. The first-order valence-electron chi connectivity index (χ1n) is 15.3. The lowest BCUT2D eigenvalue weighted by molar-refractivity contribution is -0.0210. The summed E-state index contributed by atoms with van der Waals surface area (Å²) in [7, 11) is 0. The topological polar surface area (TPSA) is 99.9 Å². The zero-order valence-corrected chi connectivity index (χ0v) is 25.1. The fourth-order valence-corrected chi connectivity index (χ4v) is 3.76. The highest BCUT2D eigenvalue weighted by molar-refractivity contribution is 5.27. The fourth-order valence-electron chi connectivity index (χ4n) is 3.76. The van der Waals surface area contributed by atoms with E-state index in [0.29, 0.717) is 106 Å². The highest BCUT2D eigenvalue weighted by atomic mass is 16.6. The van der Waals surface area contributed by atoms with E-state index in [0.717, 1.165) is 12.2 Å². The number of unbranched alkanes of at least 4 members (excludes halogenated alkanes) is 6. The van der Waals surface area contributed by atoms with Gasteiger partial charge in [-0.3, -0.25) is 0 Å². The van der Waals surface area contributed by atoms with Gasteiger partial charge in [0.1, 0.15) is 12.4 Å². The van der Waals surface area contributed by atoms with Gasteiger partial charge in [-0.2, -0.15) is 0 Å². The second-order valence-corrected chi connectivity index (χ2v) is 9.44. The van der Waals surface area contributed by atoms with Crippen LogP contribution in [0.2, 0.25) is 0 Å². The summed E-state index contributed by atoms with van der Waals surface area (Å²) in [5, 5.41) is 0. The maximum absolute atomic E-state index is 5.77. The predicted molar refractivity (Wildman–Crippen MR) is 158 cm³/mol. The van der Waals surface area contributed by atoms with E-state index in [1.165, 1.54) is 50.5 Å². The van der Waals surface area contributed by atoms with Crippen LogP contribution in [0.25, 0.3) is 0 Å². The molecule has 40 heavy (non-hydrogen) atoms. The molecule has 2 N–H and O–H groups in total. The van der Waals surface area contributed by atoms with Gasteiger partial charge in [-0.25, -0.2) is 0 Å². The fraction of sp³-hybridized carbons (Fsp3) is 0.806. The number of nitrogens with two attached hydrogens (primary N) is 1. The second-order valence-electron chi connectivity index (χ2n) is 9.44. The molecule has 0 amide bonds. The highest BCUT2D eigenvalue weighted by Crippen LogP contribution is 2.15. The van der Waals surface area contributed by atoms with Crippen LogP contribution in [-0.2, 0) is 39.6 Å². The summed E-state index contributed by atoms with van der Waals surface area (Å²) in [6.07, 6.45) is 10.6. The molecule has 0 saturated carbocycles. The standard InChI is InChI=1S/C31H57NO8/c1-2-3-4-5-6-7-8-9-30-10-12-31(13-11-30)40-29-28-39-27-26-38-25-24-37-23-22-36-21-20-35-19-18-34-17-16-33-15-14-32/h10-13H,2-9,14-29,32H2,1H3. The summed E-state index contributed by atoms with van der Waals surface area (Å²) in [5.74, 6) is 0.891. The molecule has 234 valence electrons. The first-order chi connectivity index (χ1) is 19.9. The summed E-state index contributed by atoms with van der Waals surface area (Å²) in [4.78, 5) is 0. The van der Waals surface area contributed by atoms with E-state index in [-0.39, 0.29) is 0 Å². The summed E-state index contributed by atoms with van der Waals surface area (Å²) in [5.41, 5.74) is 6.72. The third-order valence-corrected chi connectivity index (χ3v) is 5.98. The molecule has 1 aromatic carbocycles. The quantitative estimate of drug-likeness (QED) is 0.126. The third-order valence-electron chi connectivity index (χ3n) is 5.98. The Hall–Kier alpha value is -1.30. The number of hydrogen-bond acceptors (Lipinski definition) is 9. The number of rotatable bonds is 32. The second kappa shape index (κ2) is 30.7. The van der Waals surface area contributed by atoms with E-state index >= 15 is 0 Å². The minimum atomic E-state index is 0.531. The van der Waals surface area contributed by atoms with Crippen LogP contribution in [0.5, 0.6) is 5.75 Å². The van der Waals surface area contributed by atoms with Gasteiger partial charge in [0.05, 0.1) is 92.5 Å². The molecule has 0 saturated heterocycles. The van der Waals surface area contributed by atoms with Crippen molar-refractivity contribution in [2.24, 2.45) is 5.73 Å². The maximum Gasteiger partial charge on any atom is 0.119 e. The highest BCUT2D eigenvalue weighted by Gasteiger charge is 1.99. The first kappa shape index (κ1) is 36.7. The van der Waals surface area contributed by atoms with Crippen molar-refractivity contribution < 1.29 is 37.9 Å². The molecule has 1 aromatic rings. The minimum absolute atomic E-state index is 0.531. The monoisotopic (exact) mass is 571 g/mol. The van der Waals surface area contributed by atoms with Crippen LogP contribution in [-0.4, -0.2) is 106 Å². The van der Waals surface area contributed by atoms with Gasteiger partial charge >= 0.3 is 0 Å². The van der Waals surface area contributed by atoms with Crippen LogP contribution < -0.4 is 10.5 Å². The van der Waals surface area contributed by atoms with Gasteiger partial charge in [0.15, 0.2) is 0 Å². The van der Waals surface area contributed by atoms with E-state index in [4.69, 9.17) is 43.6 Å². The van der Waals surface area contributed by atoms with Crippen LogP contribution in [0.15, 0.2) is 24.3 Å². The van der Waals surface area contributed by atoms with E-state index in [9.17, 15) is 0 Å². The van der Waals surface area contributed by atoms with Gasteiger partial charge in [-0.15, -0.1) is 0 Å². The Kier molecular flexibility index (Phi) is 28.1. The molecule has 0 fully saturated rings. The third kappa shape index (κ3) is 25.7. The van der Waals surface area contributed by atoms with Crippen molar-refractivity contribution in [3.05, 3.63) is 29.8 Å². The van der Waals surface area contributed by atoms with Crippen LogP contribution in [0.1, 0.15) is 57.4 Å². The predicted octanol–water partition coefficient (Wildman–Crippen LogP) is 4.43. The molecule has 0 spiro atoms. The van der Waals surface area contributed by atoms with Crippen molar-refractivity contribution in [2.45, 2.75) is 58.3 Å². The lowest BCUT2D eigenvalue weighted by Gasteiger charge is -2.09. The molecule has 0 aromatic heterocycles. The SMILES string of the molecule is CCCCCCCCCc1ccc(OCCOCCOCCOCCOCCOCCOCCOCCN)cc1. The van der Waals surface area contributed by atoms with E-state index in [1.54, 1.807) is 0 Å². The van der Waals surface area contributed by atoms with Crippen molar-refractivity contribution in [2.75, 3.05) is 106 Å². The molecule has 0 heterocycles. The number of ether oxygens (including phenoxy) is 8. The van der Waals surface area contributed by atoms with Crippen molar-refractivity contribution >= 4 is 0 Å². The molecule has 0 unspecified atom stereocenters. The van der Waals surface area contributed by atoms with E-state index in [1.807, 2.05) is 0 Å². The van der Waals surface area contributed by atoms with Gasteiger partial charge in [0, 0.05) is 6.54 Å². The molecule has 0 bridgehead atoms. The van der Waals surface area contributed by atoms with Gasteiger partial charge in [-0.05, 0) is 30.5 Å². The lowest BCUT2D eigenvalue weighted by atomic mass is 10.0. The molecule has 9 nitrogen and oxygen atoms in total. The summed E-state index contributed by atoms with van der Waals surface area (Å²) in [6.45, 7) is 10.9. The Labute approximate surface area is 243 Å². The Morgan fingerprint density at radius 3 is 1.25 bits per heavy atom. The van der Waals surface area contributed by atoms with Crippen LogP contribution >= 0.6 is 0 Å². The Morgan fingerprint density at radius 2 is 0.825 bits per heavy atom. The van der Waals surface area contributed by atoms with E-state index < -0.39 is 0 Å². The molecule has 9 heteroatoms. The molecular formula is C31H57NO8. The summed E-state index contributed by atoms with van der Waals surface area (Å²) in [6, 6.07) is 8.46. The Morgan fingerprint density at radius 1 is 0.450 bits per heavy atom. The molecular weight excluding hydrogens is 514 g/mol. The van der Waals surface area contributed by atoms with Crippen molar-refractivity contribution in [1.29, 1.82) is 0 Å². The average Bonchev–Trinajstić information content (AvgIpc) is 2.98.